The molecule has 22 heavy (non-hydrogen) atoms. The Morgan fingerprint density at radius 2 is 2.00 bits per heavy atom. The molecule has 5 heteroatoms. The minimum atomic E-state index is 0.220. The highest BCUT2D eigenvalue weighted by Crippen LogP contribution is 2.29. The van der Waals surface area contributed by atoms with Crippen LogP contribution in [0.2, 0.25) is 0 Å². The molecule has 1 N–H and O–H groups in total. The normalized spacial score (nSPS) is 11.6. The quantitative estimate of drug-likeness (QED) is 0.690. The van der Waals surface area contributed by atoms with E-state index in [0.29, 0.717) is 5.56 Å². The molecule has 0 bridgehead atoms. The van der Waals surface area contributed by atoms with E-state index < -0.39 is 0 Å². The number of fused-ring (bicyclic) bond motifs is 1. The lowest BCUT2D eigenvalue weighted by atomic mass is 10.0. The van der Waals surface area contributed by atoms with Crippen LogP contribution in [-0.4, -0.2) is 21.1 Å². The van der Waals surface area contributed by atoms with E-state index in [4.69, 9.17) is 0 Å². The maximum Gasteiger partial charge on any atom is 0.124 e. The third kappa shape index (κ3) is 2.52. The summed E-state index contributed by atoms with van der Waals surface area (Å²) in [7, 11) is 1.90. The third-order valence-corrected chi connectivity index (χ3v) is 4.29. The maximum absolute atomic E-state index is 10.2. The van der Waals surface area contributed by atoms with E-state index in [1.54, 1.807) is 12.3 Å². The zero-order chi connectivity index (χ0) is 15.9. The highest BCUT2D eigenvalue weighted by molar-refractivity contribution is 9.10. The van der Waals surface area contributed by atoms with E-state index in [0.717, 1.165) is 32.3 Å². The lowest BCUT2D eigenvalue weighted by Crippen LogP contribution is -1.92. The van der Waals surface area contributed by atoms with Crippen molar-refractivity contribution in [2.24, 2.45) is 12.0 Å². The van der Waals surface area contributed by atoms with Crippen molar-refractivity contribution >= 4 is 38.6 Å². The second-order valence-corrected chi connectivity index (χ2v) is 6.18. The smallest absolute Gasteiger partial charge is 0.124 e. The summed E-state index contributed by atoms with van der Waals surface area (Å²) < 4.78 is 2.81. The molecular weight excluding hydrogens is 342 g/mol. The number of halogens is 1. The summed E-state index contributed by atoms with van der Waals surface area (Å²) in [4.78, 5) is 4.55. The average molecular weight is 358 g/mol. The summed E-state index contributed by atoms with van der Waals surface area (Å²) in [5.41, 5.74) is 3.43. The minimum Gasteiger partial charge on any atom is -0.507 e. The van der Waals surface area contributed by atoms with Gasteiger partial charge in [0.25, 0.3) is 0 Å². The molecule has 0 atom stereocenters. The van der Waals surface area contributed by atoms with Crippen LogP contribution in [0.3, 0.4) is 0 Å². The molecule has 0 aliphatic heterocycles. The van der Waals surface area contributed by atoms with Gasteiger partial charge in [0.1, 0.15) is 11.4 Å². The average Bonchev–Trinajstić information content (AvgIpc) is 2.72. The minimum absolute atomic E-state index is 0.220. The third-order valence-electron chi connectivity index (χ3n) is 3.79. The molecule has 3 rings (SSSR count). The van der Waals surface area contributed by atoms with Crippen LogP contribution >= 0.6 is 15.9 Å². The first-order valence-corrected chi connectivity index (χ1v) is 7.72. The van der Waals surface area contributed by atoms with Crippen molar-refractivity contribution in [1.82, 2.24) is 9.78 Å². The number of rotatable bonds is 2. The van der Waals surface area contributed by atoms with Gasteiger partial charge < -0.3 is 5.11 Å². The number of aromatic nitrogens is 2. The molecule has 1 aromatic heterocycles. The van der Waals surface area contributed by atoms with Gasteiger partial charge in [-0.15, -0.1) is 0 Å². The first-order chi connectivity index (χ1) is 10.5. The summed E-state index contributed by atoms with van der Waals surface area (Å²) >= 11 is 3.47. The number of phenols is 1. The van der Waals surface area contributed by atoms with Crippen LogP contribution in [0.5, 0.6) is 5.75 Å². The number of aromatic hydroxyl groups is 1. The van der Waals surface area contributed by atoms with E-state index in [1.165, 1.54) is 0 Å². The number of benzene rings is 2. The zero-order valence-corrected chi connectivity index (χ0v) is 14.2. The molecule has 0 radical (unpaired) electrons. The molecule has 4 nitrogen and oxygen atoms in total. The molecule has 0 saturated carbocycles. The Hall–Kier alpha value is -2.14. The van der Waals surface area contributed by atoms with Crippen molar-refractivity contribution in [3.63, 3.8) is 0 Å². The Morgan fingerprint density at radius 1 is 1.23 bits per heavy atom. The molecular formula is C17H16BrN3O. The van der Waals surface area contributed by atoms with Crippen molar-refractivity contribution < 1.29 is 5.11 Å². The molecule has 3 aromatic rings. The SMILES string of the molecule is Cc1nn(C)c(C)c1N=Cc1c(O)ccc2cc(Br)ccc12. The van der Waals surface area contributed by atoms with Gasteiger partial charge in [-0.1, -0.05) is 28.1 Å². The van der Waals surface area contributed by atoms with Gasteiger partial charge in [0.05, 0.1) is 11.4 Å². The van der Waals surface area contributed by atoms with Crippen LogP contribution in [0.25, 0.3) is 10.8 Å². The Balaban J connectivity index is 2.14. The van der Waals surface area contributed by atoms with E-state index in [9.17, 15) is 5.11 Å². The van der Waals surface area contributed by atoms with Crippen molar-refractivity contribution in [3.05, 3.63) is 51.8 Å². The van der Waals surface area contributed by atoms with Crippen LogP contribution in [0.1, 0.15) is 17.0 Å². The molecule has 0 amide bonds. The van der Waals surface area contributed by atoms with Crippen LogP contribution in [-0.2, 0) is 7.05 Å². The summed E-state index contributed by atoms with van der Waals surface area (Å²) in [5.74, 6) is 0.220. The maximum atomic E-state index is 10.2. The molecule has 0 saturated heterocycles. The fraction of sp³-hybridized carbons (Fsp3) is 0.176. The molecule has 0 spiro atoms. The first kappa shape index (κ1) is 14.8. The summed E-state index contributed by atoms with van der Waals surface area (Å²) in [5, 5.41) is 16.5. The number of hydrogen-bond donors (Lipinski definition) is 1. The summed E-state index contributed by atoms with van der Waals surface area (Å²) in [6.07, 6.45) is 1.71. The number of aryl methyl sites for hydroxylation is 2. The van der Waals surface area contributed by atoms with Crippen LogP contribution in [0.15, 0.2) is 39.8 Å². The second-order valence-electron chi connectivity index (χ2n) is 5.27. The lowest BCUT2D eigenvalue weighted by Gasteiger charge is -2.05. The first-order valence-electron chi connectivity index (χ1n) is 6.93. The van der Waals surface area contributed by atoms with Crippen molar-refractivity contribution in [2.75, 3.05) is 0 Å². The van der Waals surface area contributed by atoms with Gasteiger partial charge in [-0.25, -0.2) is 0 Å². The van der Waals surface area contributed by atoms with Gasteiger partial charge in [-0.2, -0.15) is 5.10 Å². The Labute approximate surface area is 137 Å². The van der Waals surface area contributed by atoms with E-state index in [-0.39, 0.29) is 5.75 Å². The summed E-state index contributed by atoms with van der Waals surface area (Å²) in [6.45, 7) is 3.91. The fourth-order valence-electron chi connectivity index (χ4n) is 2.53. The monoisotopic (exact) mass is 357 g/mol. The van der Waals surface area contributed by atoms with Crippen LogP contribution < -0.4 is 0 Å². The van der Waals surface area contributed by atoms with Gasteiger partial charge in [0, 0.05) is 23.3 Å². The van der Waals surface area contributed by atoms with E-state index >= 15 is 0 Å². The summed E-state index contributed by atoms with van der Waals surface area (Å²) in [6, 6.07) is 9.54. The lowest BCUT2D eigenvalue weighted by molar-refractivity contribution is 0.475. The van der Waals surface area contributed by atoms with Crippen molar-refractivity contribution in [3.8, 4) is 5.75 Å². The fourth-order valence-corrected chi connectivity index (χ4v) is 2.91. The molecule has 2 aromatic carbocycles. The largest absolute Gasteiger partial charge is 0.507 e. The molecule has 0 aliphatic rings. The molecule has 112 valence electrons. The Bertz CT molecular complexity index is 897. The van der Waals surface area contributed by atoms with Crippen molar-refractivity contribution in [2.45, 2.75) is 13.8 Å². The second kappa shape index (κ2) is 5.57. The number of hydrogen-bond acceptors (Lipinski definition) is 3. The van der Waals surface area contributed by atoms with Gasteiger partial charge >= 0.3 is 0 Å². The zero-order valence-electron chi connectivity index (χ0n) is 12.6. The Morgan fingerprint density at radius 3 is 2.68 bits per heavy atom. The van der Waals surface area contributed by atoms with Crippen LogP contribution in [0.4, 0.5) is 5.69 Å². The highest BCUT2D eigenvalue weighted by atomic mass is 79.9. The van der Waals surface area contributed by atoms with Crippen molar-refractivity contribution in [1.29, 1.82) is 0 Å². The molecule has 0 aliphatic carbocycles. The van der Waals surface area contributed by atoms with Crippen LogP contribution in [0, 0.1) is 13.8 Å². The topological polar surface area (TPSA) is 50.4 Å². The number of aliphatic imine (C=N–C) groups is 1. The number of nitrogens with zero attached hydrogens (tertiary/aromatic N) is 3. The molecule has 1 heterocycles. The van der Waals surface area contributed by atoms with Gasteiger partial charge in [0.15, 0.2) is 0 Å². The predicted molar refractivity (Wildman–Crippen MR) is 93.2 cm³/mol. The van der Waals surface area contributed by atoms with Gasteiger partial charge in [-0.3, -0.25) is 9.67 Å². The van der Waals surface area contributed by atoms with Gasteiger partial charge in [0.2, 0.25) is 0 Å². The highest BCUT2D eigenvalue weighted by Gasteiger charge is 2.09. The van der Waals surface area contributed by atoms with E-state index in [1.807, 2.05) is 49.8 Å². The number of phenolic OH excluding ortho intramolecular Hbond substituents is 1. The Kier molecular flexibility index (Phi) is 3.74. The van der Waals surface area contributed by atoms with Gasteiger partial charge in [-0.05, 0) is 42.8 Å². The molecule has 0 unspecified atom stereocenters. The van der Waals surface area contributed by atoms with E-state index in [2.05, 4.69) is 26.0 Å². The molecule has 0 fully saturated rings. The predicted octanol–water partition coefficient (Wildman–Crippen LogP) is 4.41. The standard InChI is InChI=1S/C17H16BrN3O/c1-10-17(11(2)21(3)20-10)19-9-15-14-6-5-13(18)8-12(14)4-7-16(15)22/h4-9,22H,1-3H3.